The van der Waals surface area contributed by atoms with Gasteiger partial charge in [-0.1, -0.05) is 36.7 Å². The molecule has 1 fully saturated rings. The molecule has 1 aromatic carbocycles. The van der Waals surface area contributed by atoms with Crippen LogP contribution in [-0.4, -0.2) is 40.3 Å². The number of rotatable bonds is 10. The summed E-state index contributed by atoms with van der Waals surface area (Å²) in [6, 6.07) is 7.11. The minimum Gasteiger partial charge on any atom is -0.466 e. The van der Waals surface area contributed by atoms with Crippen molar-refractivity contribution in [2.45, 2.75) is 87.3 Å². The largest absolute Gasteiger partial charge is 0.466 e. The number of carbonyl (C=O) groups excluding carboxylic acids is 3. The van der Waals surface area contributed by atoms with E-state index in [4.69, 9.17) is 9.47 Å². The van der Waals surface area contributed by atoms with Crippen molar-refractivity contribution in [2.24, 2.45) is 0 Å². The lowest BCUT2D eigenvalue weighted by atomic mass is 10.1. The maximum atomic E-state index is 12.8. The molecule has 35 heavy (non-hydrogen) atoms. The fourth-order valence-electron chi connectivity index (χ4n) is 3.78. The fourth-order valence-corrected chi connectivity index (χ4v) is 6.02. The van der Waals surface area contributed by atoms with Crippen LogP contribution >= 0.6 is 23.1 Å². The van der Waals surface area contributed by atoms with Crippen LogP contribution in [0.25, 0.3) is 0 Å². The van der Waals surface area contributed by atoms with Crippen molar-refractivity contribution in [3.63, 3.8) is 0 Å². The lowest BCUT2D eigenvalue weighted by molar-refractivity contribution is -0.151. The minimum atomic E-state index is -0.755. The lowest BCUT2D eigenvalue weighted by Gasteiger charge is -2.24. The summed E-state index contributed by atoms with van der Waals surface area (Å²) in [6.07, 6.45) is 6.88. The Kier molecular flexibility index (Phi) is 10.2. The molecule has 0 radical (unpaired) electrons. The first kappa shape index (κ1) is 27.2. The van der Waals surface area contributed by atoms with E-state index in [0.29, 0.717) is 18.0 Å². The number of nitrogens with one attached hydrogen (secondary N) is 1. The molecule has 1 N–H and O–H groups in total. The number of carbonyl (C=O) groups is 3. The average Bonchev–Trinajstić information content (AvgIpc) is 3.06. The Bertz CT molecular complexity index is 995. The van der Waals surface area contributed by atoms with Crippen LogP contribution in [0.3, 0.4) is 0 Å². The first-order valence-electron chi connectivity index (χ1n) is 12.1. The predicted molar refractivity (Wildman–Crippen MR) is 139 cm³/mol. The van der Waals surface area contributed by atoms with E-state index in [1.165, 1.54) is 35.9 Å². The van der Waals surface area contributed by atoms with Gasteiger partial charge >= 0.3 is 11.9 Å². The maximum absolute atomic E-state index is 12.8. The number of thiazole rings is 1. The highest BCUT2D eigenvalue weighted by molar-refractivity contribution is 8.03. The van der Waals surface area contributed by atoms with Gasteiger partial charge in [0.15, 0.2) is 4.34 Å². The number of nitrogens with zero attached hydrogens (tertiary/aromatic N) is 1. The van der Waals surface area contributed by atoms with Gasteiger partial charge in [0.2, 0.25) is 5.91 Å². The monoisotopic (exact) mass is 518 g/mol. The van der Waals surface area contributed by atoms with Crippen molar-refractivity contribution in [1.82, 2.24) is 4.98 Å². The van der Waals surface area contributed by atoms with Crippen molar-refractivity contribution in [3.05, 3.63) is 40.9 Å². The van der Waals surface area contributed by atoms with E-state index < -0.39 is 4.75 Å². The summed E-state index contributed by atoms with van der Waals surface area (Å²) >= 11 is 2.80. The number of anilines is 1. The second kappa shape index (κ2) is 13.1. The molecule has 1 heterocycles. The molecular weight excluding hydrogens is 484 g/mol. The van der Waals surface area contributed by atoms with Crippen molar-refractivity contribution in [3.8, 4) is 0 Å². The Morgan fingerprint density at radius 3 is 2.43 bits per heavy atom. The van der Waals surface area contributed by atoms with Gasteiger partial charge in [0.05, 0.1) is 25.1 Å². The van der Waals surface area contributed by atoms with Gasteiger partial charge in [-0.15, -0.1) is 11.3 Å². The SMILES string of the molecule is CCOC(=O)Cc1ccc(NC(=O)Cc2csc(SC(C)(C)C(=O)OC3CCCCCC3)n2)cc1. The van der Waals surface area contributed by atoms with Crippen LogP contribution in [-0.2, 0) is 36.7 Å². The van der Waals surface area contributed by atoms with E-state index in [2.05, 4.69) is 10.3 Å². The van der Waals surface area contributed by atoms with E-state index in [9.17, 15) is 14.4 Å². The van der Waals surface area contributed by atoms with Gasteiger partial charge in [-0.2, -0.15) is 0 Å². The molecule has 7 nitrogen and oxygen atoms in total. The zero-order valence-corrected chi connectivity index (χ0v) is 22.3. The average molecular weight is 519 g/mol. The third kappa shape index (κ3) is 8.96. The maximum Gasteiger partial charge on any atom is 0.322 e. The third-order valence-corrected chi connectivity index (χ3v) is 7.84. The molecule has 9 heteroatoms. The van der Waals surface area contributed by atoms with Crippen molar-refractivity contribution in [1.29, 1.82) is 0 Å². The Labute approximate surface area is 215 Å². The molecule has 2 aromatic rings. The zero-order chi connectivity index (χ0) is 25.3. The topological polar surface area (TPSA) is 94.6 Å². The highest BCUT2D eigenvalue weighted by Crippen LogP contribution is 2.36. The van der Waals surface area contributed by atoms with E-state index in [0.717, 1.165) is 35.6 Å². The number of hydrogen-bond acceptors (Lipinski definition) is 8. The predicted octanol–water partition coefficient (Wildman–Crippen LogP) is 5.57. The van der Waals surface area contributed by atoms with E-state index in [1.807, 2.05) is 19.2 Å². The number of hydrogen-bond donors (Lipinski definition) is 1. The first-order valence-corrected chi connectivity index (χ1v) is 13.8. The molecule has 0 saturated heterocycles. The van der Waals surface area contributed by atoms with Crippen molar-refractivity contribution >= 4 is 46.6 Å². The smallest absolute Gasteiger partial charge is 0.322 e. The van der Waals surface area contributed by atoms with Gasteiger partial charge in [0.25, 0.3) is 0 Å². The number of ether oxygens (including phenoxy) is 2. The minimum absolute atomic E-state index is 0.0136. The van der Waals surface area contributed by atoms with Crippen molar-refractivity contribution < 1.29 is 23.9 Å². The van der Waals surface area contributed by atoms with Gasteiger partial charge in [0, 0.05) is 11.1 Å². The Morgan fingerprint density at radius 2 is 1.77 bits per heavy atom. The van der Waals surface area contributed by atoms with Gasteiger partial charge in [-0.3, -0.25) is 14.4 Å². The molecule has 0 atom stereocenters. The van der Waals surface area contributed by atoms with E-state index in [-0.39, 0.29) is 36.8 Å². The molecule has 0 spiro atoms. The molecule has 1 saturated carbocycles. The summed E-state index contributed by atoms with van der Waals surface area (Å²) in [5.41, 5.74) is 2.12. The second-order valence-corrected chi connectivity index (χ2v) is 11.9. The number of aromatic nitrogens is 1. The van der Waals surface area contributed by atoms with Gasteiger partial charge in [-0.25, -0.2) is 4.98 Å². The van der Waals surface area contributed by atoms with Crippen LogP contribution in [0.4, 0.5) is 5.69 Å². The number of amides is 1. The molecule has 0 unspecified atom stereocenters. The Hall–Kier alpha value is -2.39. The molecule has 0 bridgehead atoms. The van der Waals surface area contributed by atoms with Crippen molar-refractivity contribution in [2.75, 3.05) is 11.9 Å². The summed E-state index contributed by atoms with van der Waals surface area (Å²) in [6.45, 7) is 5.84. The van der Waals surface area contributed by atoms with Crippen LogP contribution in [0.5, 0.6) is 0 Å². The van der Waals surface area contributed by atoms with Crippen LogP contribution in [0.2, 0.25) is 0 Å². The van der Waals surface area contributed by atoms with Crippen LogP contribution in [0, 0.1) is 0 Å². The third-order valence-electron chi connectivity index (χ3n) is 5.67. The molecule has 3 rings (SSSR count). The summed E-state index contributed by atoms with van der Waals surface area (Å²) in [7, 11) is 0. The molecule has 1 aliphatic carbocycles. The van der Waals surface area contributed by atoms with Gasteiger partial charge in [0.1, 0.15) is 10.9 Å². The van der Waals surface area contributed by atoms with Gasteiger partial charge < -0.3 is 14.8 Å². The van der Waals surface area contributed by atoms with Crippen LogP contribution < -0.4 is 5.32 Å². The number of esters is 2. The normalized spacial score (nSPS) is 14.7. The first-order chi connectivity index (χ1) is 16.7. The molecular formula is C26H34N2O5S2. The van der Waals surface area contributed by atoms with Crippen LogP contribution in [0.1, 0.15) is 70.6 Å². The standard InChI is InChI=1S/C26H34N2O5S2/c1-4-32-23(30)15-18-11-13-19(14-12-18)27-22(29)16-20-17-34-25(28-20)35-26(2,3)24(31)33-21-9-7-5-6-8-10-21/h11-14,17,21H,4-10,15-16H2,1-3H3,(H,27,29). The molecule has 0 aliphatic heterocycles. The summed E-state index contributed by atoms with van der Waals surface area (Å²) < 4.78 is 10.7. The lowest BCUT2D eigenvalue weighted by Crippen LogP contribution is -2.33. The molecule has 190 valence electrons. The summed E-state index contributed by atoms with van der Waals surface area (Å²) in [5, 5.41) is 4.70. The molecule has 1 aromatic heterocycles. The van der Waals surface area contributed by atoms with Crippen LogP contribution in [0.15, 0.2) is 34.0 Å². The van der Waals surface area contributed by atoms with E-state index in [1.54, 1.807) is 31.2 Å². The Balaban J connectivity index is 1.48. The number of benzene rings is 1. The highest BCUT2D eigenvalue weighted by atomic mass is 32.2. The zero-order valence-electron chi connectivity index (χ0n) is 20.6. The molecule has 1 aliphatic rings. The van der Waals surface area contributed by atoms with E-state index >= 15 is 0 Å². The quantitative estimate of drug-likeness (QED) is 0.250. The highest BCUT2D eigenvalue weighted by Gasteiger charge is 2.34. The van der Waals surface area contributed by atoms with Gasteiger partial charge in [-0.05, 0) is 64.2 Å². The second-order valence-electron chi connectivity index (χ2n) is 9.14. The fraction of sp³-hybridized carbons (Fsp3) is 0.538. The molecule has 1 amide bonds. The summed E-state index contributed by atoms with van der Waals surface area (Å²) in [4.78, 5) is 41.4. The Morgan fingerprint density at radius 1 is 1.09 bits per heavy atom. The summed E-state index contributed by atoms with van der Waals surface area (Å²) in [5.74, 6) is -0.672. The number of thioether (sulfide) groups is 1.